The first kappa shape index (κ1) is 26.2. The van der Waals surface area contributed by atoms with Crippen LogP contribution in [0.3, 0.4) is 0 Å². The van der Waals surface area contributed by atoms with E-state index in [1.165, 1.54) is 5.56 Å². The van der Waals surface area contributed by atoms with Crippen molar-refractivity contribution in [3.8, 4) is 5.75 Å². The largest absolute Gasteiger partial charge is 0.490 e. The first-order valence-electron chi connectivity index (χ1n) is 12.3. The Balaban J connectivity index is 1.70. The second kappa shape index (κ2) is 10.0. The van der Waals surface area contributed by atoms with E-state index in [0.717, 1.165) is 53.8 Å². The molecule has 1 fully saturated rings. The topological polar surface area (TPSA) is 72.6 Å². The molecule has 6 heteroatoms. The van der Waals surface area contributed by atoms with Gasteiger partial charge in [0, 0.05) is 30.5 Å². The van der Waals surface area contributed by atoms with E-state index in [4.69, 9.17) is 4.74 Å². The van der Waals surface area contributed by atoms with Crippen molar-refractivity contribution < 1.29 is 19.2 Å². The van der Waals surface area contributed by atoms with Gasteiger partial charge in [-0.15, -0.1) is 0 Å². The summed E-state index contributed by atoms with van der Waals surface area (Å²) in [6, 6.07) is 13.2. The number of quaternary nitrogens is 1. The highest BCUT2D eigenvalue weighted by molar-refractivity contribution is 5.43. The molecule has 186 valence electrons. The van der Waals surface area contributed by atoms with Gasteiger partial charge in [0.1, 0.15) is 31.5 Å². The predicted octanol–water partition coefficient (Wildman–Crippen LogP) is 5.74. The fourth-order valence-corrected chi connectivity index (χ4v) is 4.92. The van der Waals surface area contributed by atoms with E-state index in [0.29, 0.717) is 6.54 Å². The molecule has 6 nitrogen and oxygen atoms in total. The molecular weight excluding hydrogens is 428 g/mol. The molecule has 2 aromatic carbocycles. The van der Waals surface area contributed by atoms with Crippen molar-refractivity contribution in [2.24, 2.45) is 0 Å². The van der Waals surface area contributed by atoms with Gasteiger partial charge in [0.15, 0.2) is 0 Å². The first-order valence-corrected chi connectivity index (χ1v) is 12.3. The number of aliphatic hydroxyl groups is 1. The predicted molar refractivity (Wildman–Crippen MR) is 136 cm³/mol. The second-order valence-corrected chi connectivity index (χ2v) is 11.9. The molecule has 0 bridgehead atoms. The van der Waals surface area contributed by atoms with Crippen LogP contribution >= 0.6 is 0 Å². The molecule has 1 heterocycles. The van der Waals surface area contributed by atoms with Crippen molar-refractivity contribution in [1.29, 1.82) is 0 Å². The standard InChI is InChI=1S/C28H41N2O4/c1-27(2,3)22-11-14-26(25(17-22)28(4,5)6)34-20-24(31)19-30(15-7-8-16-30)18-21-9-12-23(13-10-21)29(32)33/h9-14,17,24,31H,7-8,15-16,18-20H2,1-6H3/q+1/t24-/m0/s1. The molecule has 0 aliphatic carbocycles. The Morgan fingerprint density at radius 3 is 2.15 bits per heavy atom. The minimum Gasteiger partial charge on any atom is -0.490 e. The molecule has 0 unspecified atom stereocenters. The molecule has 1 aliphatic rings. The third kappa shape index (κ3) is 6.57. The van der Waals surface area contributed by atoms with Crippen LogP contribution in [0, 0.1) is 10.1 Å². The summed E-state index contributed by atoms with van der Waals surface area (Å²) in [6.07, 6.45) is 1.66. The summed E-state index contributed by atoms with van der Waals surface area (Å²) in [5.74, 6) is 0.836. The fraction of sp³-hybridized carbons (Fsp3) is 0.571. The molecule has 1 N–H and O–H groups in total. The van der Waals surface area contributed by atoms with E-state index in [2.05, 4.69) is 53.7 Å². The average Bonchev–Trinajstić information content (AvgIpc) is 3.19. The number of nitro benzene ring substituents is 1. The third-order valence-electron chi connectivity index (χ3n) is 6.86. The van der Waals surface area contributed by atoms with Crippen LogP contribution in [0.15, 0.2) is 42.5 Å². The molecule has 2 aromatic rings. The normalized spacial score (nSPS) is 16.9. The second-order valence-electron chi connectivity index (χ2n) is 11.9. The molecule has 1 atom stereocenters. The third-order valence-corrected chi connectivity index (χ3v) is 6.86. The Morgan fingerprint density at radius 2 is 1.62 bits per heavy atom. The van der Waals surface area contributed by atoms with Gasteiger partial charge in [0.05, 0.1) is 18.0 Å². The van der Waals surface area contributed by atoms with Crippen LogP contribution in [-0.4, -0.2) is 46.9 Å². The average molecular weight is 470 g/mol. The Hall–Kier alpha value is -2.44. The van der Waals surface area contributed by atoms with Crippen LogP contribution in [-0.2, 0) is 17.4 Å². The summed E-state index contributed by atoms with van der Waals surface area (Å²) in [4.78, 5) is 10.6. The maximum absolute atomic E-state index is 11.0. The fourth-order valence-electron chi connectivity index (χ4n) is 4.92. The molecule has 0 amide bonds. The lowest BCUT2D eigenvalue weighted by Gasteiger charge is -2.36. The smallest absolute Gasteiger partial charge is 0.269 e. The molecule has 3 rings (SSSR count). The highest BCUT2D eigenvalue weighted by atomic mass is 16.6. The molecule has 1 saturated heterocycles. The number of hydrogen-bond donors (Lipinski definition) is 1. The van der Waals surface area contributed by atoms with Gasteiger partial charge in [0.25, 0.3) is 5.69 Å². The van der Waals surface area contributed by atoms with Gasteiger partial charge < -0.3 is 14.3 Å². The lowest BCUT2D eigenvalue weighted by molar-refractivity contribution is -0.932. The summed E-state index contributed by atoms with van der Waals surface area (Å²) in [5.41, 5.74) is 3.59. The number of benzene rings is 2. The van der Waals surface area contributed by atoms with E-state index < -0.39 is 6.10 Å². The monoisotopic (exact) mass is 469 g/mol. The SMILES string of the molecule is CC(C)(C)c1ccc(OC[C@@H](O)C[N+]2(Cc3ccc([N+](=O)[O-])cc3)CCCC2)c(C(C)(C)C)c1. The van der Waals surface area contributed by atoms with Crippen LogP contribution in [0.4, 0.5) is 5.69 Å². The zero-order valence-corrected chi connectivity index (χ0v) is 21.6. The van der Waals surface area contributed by atoms with Gasteiger partial charge in [-0.2, -0.15) is 0 Å². The van der Waals surface area contributed by atoms with Crippen molar-refractivity contribution in [2.75, 3.05) is 26.2 Å². The number of nitro groups is 1. The Kier molecular flexibility index (Phi) is 7.73. The summed E-state index contributed by atoms with van der Waals surface area (Å²) in [5, 5.41) is 21.9. The number of non-ortho nitro benzene ring substituents is 1. The minimum absolute atomic E-state index is 0.0578. The van der Waals surface area contributed by atoms with Gasteiger partial charge in [-0.25, -0.2) is 0 Å². The quantitative estimate of drug-likeness (QED) is 0.304. The molecule has 0 spiro atoms. The van der Waals surface area contributed by atoms with E-state index in [-0.39, 0.29) is 28.0 Å². The maximum atomic E-state index is 11.0. The van der Waals surface area contributed by atoms with Gasteiger partial charge >= 0.3 is 0 Å². The molecule has 0 saturated carbocycles. The van der Waals surface area contributed by atoms with E-state index in [1.807, 2.05) is 18.2 Å². The lowest BCUT2D eigenvalue weighted by Crippen LogP contribution is -2.50. The molecule has 1 aliphatic heterocycles. The van der Waals surface area contributed by atoms with Crippen molar-refractivity contribution in [1.82, 2.24) is 0 Å². The van der Waals surface area contributed by atoms with Crippen LogP contribution in [0.2, 0.25) is 0 Å². The number of likely N-dealkylation sites (tertiary alicyclic amines) is 1. The zero-order chi connectivity index (χ0) is 25.1. The van der Waals surface area contributed by atoms with Gasteiger partial charge in [0.2, 0.25) is 0 Å². The minimum atomic E-state index is -0.591. The number of rotatable bonds is 8. The Bertz CT molecular complexity index is 981. The number of aliphatic hydroxyl groups excluding tert-OH is 1. The van der Waals surface area contributed by atoms with Crippen LogP contribution < -0.4 is 4.74 Å². The van der Waals surface area contributed by atoms with Crippen LogP contribution in [0.5, 0.6) is 5.75 Å². The number of ether oxygens (including phenoxy) is 1. The zero-order valence-electron chi connectivity index (χ0n) is 21.6. The Labute approximate surface area is 204 Å². The number of hydrogen-bond acceptors (Lipinski definition) is 4. The van der Waals surface area contributed by atoms with Gasteiger partial charge in [-0.05, 0) is 40.2 Å². The highest BCUT2D eigenvalue weighted by Gasteiger charge is 2.35. The highest BCUT2D eigenvalue weighted by Crippen LogP contribution is 2.35. The van der Waals surface area contributed by atoms with E-state index in [1.54, 1.807) is 12.1 Å². The van der Waals surface area contributed by atoms with E-state index in [9.17, 15) is 15.2 Å². The van der Waals surface area contributed by atoms with Gasteiger partial charge in [-0.1, -0.05) is 53.7 Å². The van der Waals surface area contributed by atoms with Crippen LogP contribution in [0.1, 0.15) is 71.1 Å². The molecule has 34 heavy (non-hydrogen) atoms. The van der Waals surface area contributed by atoms with Crippen molar-refractivity contribution >= 4 is 5.69 Å². The van der Waals surface area contributed by atoms with Crippen molar-refractivity contribution in [3.05, 3.63) is 69.3 Å². The van der Waals surface area contributed by atoms with Crippen molar-refractivity contribution in [2.45, 2.75) is 77.9 Å². The number of nitrogens with zero attached hydrogens (tertiary/aromatic N) is 2. The summed E-state index contributed by atoms with van der Waals surface area (Å²) in [6.45, 7) is 16.8. The molecule has 0 radical (unpaired) electrons. The Morgan fingerprint density at radius 1 is 1.00 bits per heavy atom. The first-order chi connectivity index (χ1) is 15.8. The summed E-state index contributed by atoms with van der Waals surface area (Å²) < 4.78 is 6.99. The van der Waals surface area contributed by atoms with E-state index >= 15 is 0 Å². The molecule has 0 aromatic heterocycles. The summed E-state index contributed by atoms with van der Waals surface area (Å²) in [7, 11) is 0. The molecular formula is C28H41N2O4+. The summed E-state index contributed by atoms with van der Waals surface area (Å²) >= 11 is 0. The maximum Gasteiger partial charge on any atom is 0.269 e. The van der Waals surface area contributed by atoms with Gasteiger partial charge in [-0.3, -0.25) is 10.1 Å². The van der Waals surface area contributed by atoms with Crippen molar-refractivity contribution in [3.63, 3.8) is 0 Å². The lowest BCUT2D eigenvalue weighted by atomic mass is 9.80. The van der Waals surface area contributed by atoms with Crippen LogP contribution in [0.25, 0.3) is 0 Å².